The Hall–Kier alpha value is -2.34. The van der Waals surface area contributed by atoms with Gasteiger partial charge in [0.15, 0.2) is 0 Å². The van der Waals surface area contributed by atoms with Crippen LogP contribution in [0.15, 0.2) is 41.2 Å². The van der Waals surface area contributed by atoms with Crippen LogP contribution in [0.3, 0.4) is 0 Å². The minimum Gasteiger partial charge on any atom is -0.478 e. The Morgan fingerprint density at radius 1 is 1.37 bits per heavy atom. The molecule has 0 spiro atoms. The fraction of sp³-hybridized carbons (Fsp3) is 0.0769. The van der Waals surface area contributed by atoms with Gasteiger partial charge < -0.3 is 14.8 Å². The maximum Gasteiger partial charge on any atom is 0.328 e. The zero-order chi connectivity index (χ0) is 13.7. The zero-order valence-electron chi connectivity index (χ0n) is 9.83. The van der Waals surface area contributed by atoms with Crippen molar-refractivity contribution in [3.05, 3.63) is 52.1 Å². The fourth-order valence-electron chi connectivity index (χ4n) is 1.38. The molecule has 0 aromatic carbocycles. The highest BCUT2D eigenvalue weighted by molar-refractivity contribution is 7.14. The molecular weight excluding hydrogens is 266 g/mol. The molecule has 0 saturated heterocycles. The van der Waals surface area contributed by atoms with Gasteiger partial charge in [0.05, 0.1) is 17.4 Å². The third-order valence-corrected chi connectivity index (χ3v) is 3.32. The standard InChI is InChI=1S/C13H11NO4S/c15-12(16)4-2-10-1-3-11(19-10)13(17)14-7-9-5-6-18-8-9/h1-6,8H,7H2,(H,14,17)(H,15,16)/b4-2+. The highest BCUT2D eigenvalue weighted by Gasteiger charge is 2.08. The maximum absolute atomic E-state index is 11.8. The number of aliphatic carboxylic acids is 1. The summed E-state index contributed by atoms with van der Waals surface area (Å²) in [6, 6.07) is 5.14. The molecular formula is C13H11NO4S. The summed E-state index contributed by atoms with van der Waals surface area (Å²) in [6.07, 6.45) is 5.61. The maximum atomic E-state index is 11.8. The zero-order valence-corrected chi connectivity index (χ0v) is 10.6. The molecule has 0 saturated carbocycles. The molecule has 0 aliphatic carbocycles. The van der Waals surface area contributed by atoms with Gasteiger partial charge in [0.25, 0.3) is 5.91 Å². The summed E-state index contributed by atoms with van der Waals surface area (Å²) in [7, 11) is 0. The lowest BCUT2D eigenvalue weighted by Crippen LogP contribution is -2.21. The van der Waals surface area contributed by atoms with E-state index in [9.17, 15) is 9.59 Å². The van der Waals surface area contributed by atoms with Crippen molar-refractivity contribution in [2.24, 2.45) is 0 Å². The third kappa shape index (κ3) is 3.82. The molecule has 2 rings (SSSR count). The number of furan rings is 1. The highest BCUT2D eigenvalue weighted by Crippen LogP contribution is 2.18. The lowest BCUT2D eigenvalue weighted by molar-refractivity contribution is -0.131. The van der Waals surface area contributed by atoms with E-state index in [2.05, 4.69) is 5.32 Å². The molecule has 0 aliphatic heterocycles. The van der Waals surface area contributed by atoms with Crippen LogP contribution < -0.4 is 5.32 Å². The van der Waals surface area contributed by atoms with Gasteiger partial charge in [-0.15, -0.1) is 11.3 Å². The van der Waals surface area contributed by atoms with Crippen LogP contribution in [0.1, 0.15) is 20.1 Å². The van der Waals surface area contributed by atoms with E-state index >= 15 is 0 Å². The Morgan fingerprint density at radius 2 is 2.21 bits per heavy atom. The number of rotatable bonds is 5. The largest absolute Gasteiger partial charge is 0.478 e. The molecule has 0 atom stereocenters. The van der Waals surface area contributed by atoms with E-state index in [0.29, 0.717) is 11.4 Å². The van der Waals surface area contributed by atoms with Crippen LogP contribution in [0.4, 0.5) is 0 Å². The second kappa shape index (κ2) is 6.01. The Kier molecular flexibility index (Phi) is 4.15. The number of amides is 1. The number of thiophene rings is 1. The highest BCUT2D eigenvalue weighted by atomic mass is 32.1. The molecule has 2 N–H and O–H groups in total. The molecule has 0 fully saturated rings. The van der Waals surface area contributed by atoms with E-state index in [0.717, 1.165) is 16.5 Å². The van der Waals surface area contributed by atoms with Crippen molar-refractivity contribution in [2.45, 2.75) is 6.54 Å². The van der Waals surface area contributed by atoms with E-state index < -0.39 is 5.97 Å². The minimum atomic E-state index is -1.01. The number of carbonyl (C=O) groups is 2. The Labute approximate surface area is 113 Å². The number of hydrogen-bond donors (Lipinski definition) is 2. The molecule has 2 aromatic heterocycles. The SMILES string of the molecule is O=C(O)/C=C/c1ccc(C(=O)NCc2ccoc2)s1. The average molecular weight is 277 g/mol. The number of carboxylic acids is 1. The lowest BCUT2D eigenvalue weighted by atomic mass is 10.3. The summed E-state index contributed by atoms with van der Waals surface area (Å²) in [6.45, 7) is 0.396. The van der Waals surface area contributed by atoms with Crippen LogP contribution in [0.2, 0.25) is 0 Å². The molecule has 0 aliphatic rings. The first kappa shape index (κ1) is 13.1. The van der Waals surface area contributed by atoms with Crippen molar-refractivity contribution < 1.29 is 19.1 Å². The van der Waals surface area contributed by atoms with Gasteiger partial charge in [-0.25, -0.2) is 4.79 Å². The monoisotopic (exact) mass is 277 g/mol. The fourth-order valence-corrected chi connectivity index (χ4v) is 2.21. The first-order valence-electron chi connectivity index (χ1n) is 5.45. The van der Waals surface area contributed by atoms with Gasteiger partial charge in [0.1, 0.15) is 0 Å². The van der Waals surface area contributed by atoms with E-state index in [1.165, 1.54) is 17.4 Å². The summed E-state index contributed by atoms with van der Waals surface area (Å²) in [5.41, 5.74) is 0.885. The van der Waals surface area contributed by atoms with Gasteiger partial charge in [0, 0.05) is 23.1 Å². The number of carbonyl (C=O) groups excluding carboxylic acids is 1. The van der Waals surface area contributed by atoms with Crippen LogP contribution in [-0.2, 0) is 11.3 Å². The van der Waals surface area contributed by atoms with Crippen LogP contribution in [0, 0.1) is 0 Å². The van der Waals surface area contributed by atoms with Gasteiger partial charge >= 0.3 is 5.97 Å². The Bertz CT molecular complexity index is 598. The second-order valence-corrected chi connectivity index (χ2v) is 4.80. The van der Waals surface area contributed by atoms with Crippen molar-refractivity contribution in [1.29, 1.82) is 0 Å². The number of carboxylic acid groups (broad SMARTS) is 1. The predicted molar refractivity (Wildman–Crippen MR) is 70.9 cm³/mol. The van der Waals surface area contributed by atoms with E-state index in [1.54, 1.807) is 30.7 Å². The second-order valence-electron chi connectivity index (χ2n) is 3.69. The van der Waals surface area contributed by atoms with Crippen molar-refractivity contribution in [3.63, 3.8) is 0 Å². The summed E-state index contributed by atoms with van der Waals surface area (Å²) in [4.78, 5) is 23.5. The smallest absolute Gasteiger partial charge is 0.328 e. The average Bonchev–Trinajstić information content (AvgIpc) is 3.04. The van der Waals surface area contributed by atoms with Crippen molar-refractivity contribution in [3.8, 4) is 0 Å². The molecule has 1 amide bonds. The number of hydrogen-bond acceptors (Lipinski definition) is 4. The minimum absolute atomic E-state index is 0.193. The molecule has 0 radical (unpaired) electrons. The molecule has 2 heterocycles. The summed E-state index contributed by atoms with van der Waals surface area (Å²) in [5, 5.41) is 11.3. The lowest BCUT2D eigenvalue weighted by Gasteiger charge is -2.00. The predicted octanol–water partition coefficient (Wildman–Crippen LogP) is 2.37. The van der Waals surface area contributed by atoms with Crippen molar-refractivity contribution >= 4 is 29.3 Å². The van der Waals surface area contributed by atoms with Gasteiger partial charge in [-0.2, -0.15) is 0 Å². The van der Waals surface area contributed by atoms with Crippen LogP contribution in [-0.4, -0.2) is 17.0 Å². The van der Waals surface area contributed by atoms with Gasteiger partial charge in [0.2, 0.25) is 0 Å². The van der Waals surface area contributed by atoms with E-state index in [-0.39, 0.29) is 5.91 Å². The third-order valence-electron chi connectivity index (χ3n) is 2.27. The summed E-state index contributed by atoms with van der Waals surface area (Å²) in [5.74, 6) is -1.21. The molecule has 5 nitrogen and oxygen atoms in total. The van der Waals surface area contributed by atoms with Gasteiger partial charge in [-0.05, 0) is 24.3 Å². The van der Waals surface area contributed by atoms with Crippen molar-refractivity contribution in [1.82, 2.24) is 5.32 Å². The summed E-state index contributed by atoms with van der Waals surface area (Å²) >= 11 is 1.23. The van der Waals surface area contributed by atoms with Crippen LogP contribution in [0.5, 0.6) is 0 Å². The molecule has 2 aromatic rings. The molecule has 6 heteroatoms. The van der Waals surface area contributed by atoms with Crippen LogP contribution in [0.25, 0.3) is 6.08 Å². The first-order valence-corrected chi connectivity index (χ1v) is 6.27. The molecule has 0 bridgehead atoms. The summed E-state index contributed by atoms with van der Waals surface area (Å²) < 4.78 is 4.90. The molecule has 0 unspecified atom stereocenters. The van der Waals surface area contributed by atoms with Gasteiger partial charge in [-0.3, -0.25) is 4.79 Å². The Morgan fingerprint density at radius 3 is 2.89 bits per heavy atom. The van der Waals surface area contributed by atoms with Crippen LogP contribution >= 0.6 is 11.3 Å². The topological polar surface area (TPSA) is 79.5 Å². The Balaban J connectivity index is 1.94. The number of nitrogens with one attached hydrogen (secondary N) is 1. The van der Waals surface area contributed by atoms with Crippen molar-refractivity contribution in [2.75, 3.05) is 0 Å². The first-order chi connectivity index (χ1) is 9.15. The van der Waals surface area contributed by atoms with E-state index in [4.69, 9.17) is 9.52 Å². The van der Waals surface area contributed by atoms with Gasteiger partial charge in [-0.1, -0.05) is 0 Å². The van der Waals surface area contributed by atoms with E-state index in [1.807, 2.05) is 0 Å². The molecule has 98 valence electrons. The quantitative estimate of drug-likeness (QED) is 0.822. The molecule has 19 heavy (non-hydrogen) atoms. The normalized spacial score (nSPS) is 10.7.